The van der Waals surface area contributed by atoms with E-state index in [1.54, 1.807) is 0 Å². The molecule has 0 atom stereocenters. The van der Waals surface area contributed by atoms with Crippen molar-refractivity contribution in [1.82, 2.24) is 9.97 Å². The van der Waals surface area contributed by atoms with E-state index < -0.39 is 11.7 Å². The van der Waals surface area contributed by atoms with Gasteiger partial charge in [-0.3, -0.25) is 0 Å². The Kier molecular flexibility index (Phi) is 8.50. The smallest absolute Gasteiger partial charge is 0.417 e. The molecular weight excluding hydrogens is 393 g/mol. The number of benzene rings is 1. The van der Waals surface area contributed by atoms with Gasteiger partial charge in [-0.25, -0.2) is 9.97 Å². The molecule has 2 aromatic rings. The number of aryl methyl sites for hydroxylation is 2. The molecule has 0 spiro atoms. The molecule has 0 saturated heterocycles. The maximum Gasteiger partial charge on any atom is 0.417 e. The molecule has 0 fully saturated rings. The van der Waals surface area contributed by atoms with Gasteiger partial charge in [0.05, 0.1) is 24.1 Å². The lowest BCUT2D eigenvalue weighted by Crippen LogP contribution is -2.19. The van der Waals surface area contributed by atoms with Gasteiger partial charge >= 0.3 is 6.18 Å². The number of hydrogen-bond donors (Lipinski definition) is 0. The van der Waals surface area contributed by atoms with Crippen LogP contribution in [0.3, 0.4) is 0 Å². The molecule has 0 radical (unpaired) electrons. The van der Waals surface area contributed by atoms with Crippen LogP contribution in [0.2, 0.25) is 0 Å². The summed E-state index contributed by atoms with van der Waals surface area (Å²) >= 11 is 0. The Morgan fingerprint density at radius 3 is 2.07 bits per heavy atom. The van der Waals surface area contributed by atoms with Crippen LogP contribution in [-0.4, -0.2) is 23.2 Å². The lowest BCUT2D eigenvalue weighted by Gasteiger charge is -2.21. The highest BCUT2D eigenvalue weighted by Gasteiger charge is 2.35. The Bertz CT molecular complexity index is 832. The van der Waals surface area contributed by atoms with E-state index in [0.29, 0.717) is 30.1 Å². The molecule has 7 heteroatoms. The molecule has 1 aromatic carbocycles. The van der Waals surface area contributed by atoms with Gasteiger partial charge in [-0.05, 0) is 43.9 Å². The van der Waals surface area contributed by atoms with Gasteiger partial charge in [-0.1, -0.05) is 40.5 Å². The first kappa shape index (κ1) is 24.0. The Morgan fingerprint density at radius 1 is 0.933 bits per heavy atom. The fourth-order valence-corrected chi connectivity index (χ4v) is 3.43. The minimum Gasteiger partial charge on any atom is -0.497 e. The van der Waals surface area contributed by atoms with Crippen molar-refractivity contribution in [3.05, 3.63) is 35.2 Å². The topological polar surface area (TPSA) is 44.2 Å². The highest BCUT2D eigenvalue weighted by Crippen LogP contribution is 2.40. The Hall–Kier alpha value is -2.31. The molecule has 166 valence electrons. The van der Waals surface area contributed by atoms with Gasteiger partial charge in [0, 0.05) is 5.56 Å². The molecule has 0 saturated carbocycles. The van der Waals surface area contributed by atoms with E-state index in [-0.39, 0.29) is 23.1 Å². The van der Waals surface area contributed by atoms with Gasteiger partial charge in [0.15, 0.2) is 0 Å². The van der Waals surface area contributed by atoms with Crippen LogP contribution >= 0.6 is 0 Å². The summed E-state index contributed by atoms with van der Waals surface area (Å²) in [4.78, 5) is 9.23. The van der Waals surface area contributed by atoms with Gasteiger partial charge in [-0.2, -0.15) is 13.2 Å². The second kappa shape index (κ2) is 10.6. The number of hydrogen-bond acceptors (Lipinski definition) is 4. The summed E-state index contributed by atoms with van der Waals surface area (Å²) in [5, 5.41) is 0. The minimum atomic E-state index is -4.54. The van der Waals surface area contributed by atoms with Crippen LogP contribution in [0.1, 0.15) is 70.3 Å². The third-order valence-corrected chi connectivity index (χ3v) is 4.96. The van der Waals surface area contributed by atoms with Crippen LogP contribution in [0.4, 0.5) is 13.2 Å². The van der Waals surface area contributed by atoms with Crippen molar-refractivity contribution in [3.63, 3.8) is 0 Å². The SMILES string of the molecule is CCCC(CCC)Oc1nc(CC)c(-c2ccc(OC)cc2C(F)(F)F)nc1CC. The molecule has 0 aliphatic heterocycles. The van der Waals surface area contributed by atoms with Gasteiger partial charge in [-0.15, -0.1) is 0 Å². The van der Waals surface area contributed by atoms with E-state index in [9.17, 15) is 13.2 Å². The van der Waals surface area contributed by atoms with Crippen molar-refractivity contribution in [3.8, 4) is 22.9 Å². The first-order valence-electron chi connectivity index (χ1n) is 10.6. The molecule has 1 heterocycles. The summed E-state index contributed by atoms with van der Waals surface area (Å²) in [5.74, 6) is 0.585. The first-order valence-corrected chi connectivity index (χ1v) is 10.6. The lowest BCUT2D eigenvalue weighted by molar-refractivity contribution is -0.137. The number of rotatable bonds is 10. The third kappa shape index (κ3) is 5.64. The summed E-state index contributed by atoms with van der Waals surface area (Å²) in [6.07, 6.45) is 0.225. The zero-order chi connectivity index (χ0) is 22.3. The number of methoxy groups -OCH3 is 1. The van der Waals surface area contributed by atoms with Crippen molar-refractivity contribution >= 4 is 0 Å². The molecule has 4 nitrogen and oxygen atoms in total. The van der Waals surface area contributed by atoms with Crippen LogP contribution in [0, 0.1) is 0 Å². The van der Waals surface area contributed by atoms with E-state index in [4.69, 9.17) is 9.47 Å². The van der Waals surface area contributed by atoms with Crippen molar-refractivity contribution in [2.45, 2.75) is 78.5 Å². The standard InChI is InChI=1S/C23H31F3N2O2/c1-6-10-15(11-7-2)30-22-20(9-4)27-21(19(8-3)28-22)17-13-12-16(29-5)14-18(17)23(24,25)26/h12-15H,6-11H2,1-5H3. The maximum absolute atomic E-state index is 13.8. The van der Waals surface area contributed by atoms with Gasteiger partial charge in [0.2, 0.25) is 5.88 Å². The summed E-state index contributed by atoms with van der Waals surface area (Å²) in [7, 11) is 1.34. The molecule has 30 heavy (non-hydrogen) atoms. The predicted molar refractivity (Wildman–Crippen MR) is 112 cm³/mol. The number of halogens is 3. The molecule has 0 N–H and O–H groups in total. The van der Waals surface area contributed by atoms with Crippen LogP contribution in [0.25, 0.3) is 11.3 Å². The fraction of sp³-hybridized carbons (Fsp3) is 0.565. The average molecular weight is 425 g/mol. The Morgan fingerprint density at radius 2 is 1.57 bits per heavy atom. The van der Waals surface area contributed by atoms with Crippen molar-refractivity contribution in [1.29, 1.82) is 0 Å². The summed E-state index contributed by atoms with van der Waals surface area (Å²) in [6, 6.07) is 3.92. The number of ether oxygens (including phenoxy) is 2. The predicted octanol–water partition coefficient (Wildman–Crippen LogP) is 6.64. The summed E-state index contributed by atoms with van der Waals surface area (Å²) in [5.41, 5.74) is 0.538. The zero-order valence-corrected chi connectivity index (χ0v) is 18.4. The van der Waals surface area contributed by atoms with Crippen molar-refractivity contribution in [2.75, 3.05) is 7.11 Å². The summed E-state index contributed by atoms with van der Waals surface area (Å²) in [6.45, 7) is 7.96. The highest BCUT2D eigenvalue weighted by molar-refractivity contribution is 5.68. The molecule has 2 rings (SSSR count). The molecule has 1 aromatic heterocycles. The fourth-order valence-electron chi connectivity index (χ4n) is 3.43. The molecule has 0 aliphatic rings. The van der Waals surface area contributed by atoms with Gasteiger partial charge in [0.1, 0.15) is 17.5 Å². The van der Waals surface area contributed by atoms with E-state index in [2.05, 4.69) is 23.8 Å². The largest absolute Gasteiger partial charge is 0.497 e. The number of aromatic nitrogens is 2. The van der Waals surface area contributed by atoms with E-state index in [1.165, 1.54) is 19.2 Å². The van der Waals surface area contributed by atoms with E-state index in [1.807, 2.05) is 13.8 Å². The van der Waals surface area contributed by atoms with Crippen LogP contribution in [-0.2, 0) is 19.0 Å². The quantitative estimate of drug-likeness (QED) is 0.429. The second-order valence-corrected chi connectivity index (χ2v) is 7.20. The van der Waals surface area contributed by atoms with E-state index in [0.717, 1.165) is 31.7 Å². The van der Waals surface area contributed by atoms with Gasteiger partial charge < -0.3 is 9.47 Å². The number of nitrogens with zero attached hydrogens (tertiary/aromatic N) is 2. The normalized spacial score (nSPS) is 11.8. The molecular formula is C23H31F3N2O2. The molecule has 0 aliphatic carbocycles. The van der Waals surface area contributed by atoms with Crippen LogP contribution in [0.5, 0.6) is 11.6 Å². The van der Waals surface area contributed by atoms with Crippen LogP contribution < -0.4 is 9.47 Å². The molecule has 0 amide bonds. The monoisotopic (exact) mass is 424 g/mol. The first-order chi connectivity index (χ1) is 14.3. The van der Waals surface area contributed by atoms with E-state index >= 15 is 0 Å². The average Bonchev–Trinajstić information content (AvgIpc) is 2.72. The lowest BCUT2D eigenvalue weighted by atomic mass is 10.0. The maximum atomic E-state index is 13.8. The summed E-state index contributed by atoms with van der Waals surface area (Å²) < 4.78 is 52.4. The van der Waals surface area contributed by atoms with Crippen LogP contribution in [0.15, 0.2) is 18.2 Å². The Labute approximate surface area is 176 Å². The zero-order valence-electron chi connectivity index (χ0n) is 18.4. The van der Waals surface area contributed by atoms with Crippen molar-refractivity contribution in [2.24, 2.45) is 0 Å². The number of alkyl halides is 3. The second-order valence-electron chi connectivity index (χ2n) is 7.20. The Balaban J connectivity index is 2.60. The third-order valence-electron chi connectivity index (χ3n) is 4.96. The minimum absolute atomic E-state index is 0.00701. The molecule has 0 bridgehead atoms. The van der Waals surface area contributed by atoms with Gasteiger partial charge in [0.25, 0.3) is 0 Å². The van der Waals surface area contributed by atoms with Crippen molar-refractivity contribution < 1.29 is 22.6 Å². The highest BCUT2D eigenvalue weighted by atomic mass is 19.4. The molecule has 0 unspecified atom stereocenters.